The first kappa shape index (κ1) is 14.3. The number of hydrogen-bond donors (Lipinski definition) is 0. The largest absolute Gasteiger partial charge is 1.00 e. The van der Waals surface area contributed by atoms with Gasteiger partial charge < -0.3 is 17.0 Å². The van der Waals surface area contributed by atoms with Crippen LogP contribution in [0.25, 0.3) is 0 Å². The van der Waals surface area contributed by atoms with E-state index in [1.54, 1.807) is 0 Å². The monoisotopic (exact) mass is 271 g/mol. The molecular weight excluding hydrogens is 254 g/mol. The molecule has 84 valence electrons. The molecule has 0 bridgehead atoms. The molecule has 15 heavy (non-hydrogen) atoms. The lowest BCUT2D eigenvalue weighted by Gasteiger charge is -2.05. The maximum Gasteiger partial charge on any atom is 0.168 e. The van der Waals surface area contributed by atoms with E-state index in [4.69, 9.17) is 0 Å². The molecule has 0 aromatic carbocycles. The molecule has 1 rings (SSSR count). The summed E-state index contributed by atoms with van der Waals surface area (Å²) in [5.41, 5.74) is 0. The third-order valence-electron chi connectivity index (χ3n) is 2.31. The fourth-order valence-corrected chi connectivity index (χ4v) is 1.47. The molecule has 0 radical (unpaired) electrons. The summed E-state index contributed by atoms with van der Waals surface area (Å²) < 4.78 is 2.05. The Morgan fingerprint density at radius 3 is 2.40 bits per heavy atom. The van der Waals surface area contributed by atoms with Crippen LogP contribution in [0.15, 0.2) is 30.6 Å². The Morgan fingerprint density at radius 1 is 1.27 bits per heavy atom. The van der Waals surface area contributed by atoms with Gasteiger partial charge in [0.2, 0.25) is 0 Å². The van der Waals surface area contributed by atoms with Crippen molar-refractivity contribution in [2.75, 3.05) is 0 Å². The first-order chi connectivity index (χ1) is 6.74. The standard InChI is InChI=1S/C12H18NO.BrH/c1-3-7-12(14)11(2)10-13-8-5-4-6-9-13;/h4-6,8-9,11H,3,7,10H2,1-2H3;1H/q+1;/p-1. The van der Waals surface area contributed by atoms with Gasteiger partial charge in [0.1, 0.15) is 5.78 Å². The maximum absolute atomic E-state index is 11.5. The highest BCUT2D eigenvalue weighted by Crippen LogP contribution is 2.02. The SMILES string of the molecule is CCCC(=O)C(C)C[n+]1ccccc1.[Br-]. The molecule has 0 aliphatic heterocycles. The molecular formula is C12H18BrNO. The van der Waals surface area contributed by atoms with Gasteiger partial charge in [-0.1, -0.05) is 13.0 Å². The molecule has 0 aliphatic rings. The molecule has 1 atom stereocenters. The Bertz CT molecular complexity index is 287. The quantitative estimate of drug-likeness (QED) is 0.629. The van der Waals surface area contributed by atoms with Crippen LogP contribution >= 0.6 is 0 Å². The highest BCUT2D eigenvalue weighted by Gasteiger charge is 2.15. The van der Waals surface area contributed by atoms with E-state index in [0.29, 0.717) is 12.2 Å². The minimum Gasteiger partial charge on any atom is -1.00 e. The van der Waals surface area contributed by atoms with Crippen LogP contribution in [0.1, 0.15) is 26.7 Å². The third-order valence-corrected chi connectivity index (χ3v) is 2.31. The van der Waals surface area contributed by atoms with Gasteiger partial charge in [-0.25, -0.2) is 4.57 Å². The van der Waals surface area contributed by atoms with E-state index in [1.165, 1.54) is 0 Å². The van der Waals surface area contributed by atoms with Crippen LogP contribution in [0.2, 0.25) is 0 Å². The van der Waals surface area contributed by atoms with Crippen molar-refractivity contribution in [2.45, 2.75) is 33.2 Å². The Balaban J connectivity index is 0.00000196. The number of halogens is 1. The molecule has 0 saturated carbocycles. The van der Waals surface area contributed by atoms with Crippen molar-refractivity contribution in [3.8, 4) is 0 Å². The average Bonchev–Trinajstić information content (AvgIpc) is 2.19. The number of rotatable bonds is 5. The Kier molecular flexibility index (Phi) is 7.22. The van der Waals surface area contributed by atoms with Crippen LogP contribution in [0.5, 0.6) is 0 Å². The number of ketones is 1. The van der Waals surface area contributed by atoms with Crippen LogP contribution in [0.3, 0.4) is 0 Å². The second-order valence-corrected chi connectivity index (χ2v) is 3.69. The Hall–Kier alpha value is -0.700. The van der Waals surface area contributed by atoms with E-state index in [2.05, 4.69) is 4.57 Å². The van der Waals surface area contributed by atoms with Crippen molar-refractivity contribution >= 4 is 5.78 Å². The zero-order chi connectivity index (χ0) is 10.4. The van der Waals surface area contributed by atoms with Crippen molar-refractivity contribution in [3.05, 3.63) is 30.6 Å². The first-order valence-electron chi connectivity index (χ1n) is 5.21. The summed E-state index contributed by atoms with van der Waals surface area (Å²) in [6.07, 6.45) is 5.64. The molecule has 1 heterocycles. The van der Waals surface area contributed by atoms with E-state index in [0.717, 1.165) is 13.0 Å². The van der Waals surface area contributed by atoms with E-state index in [1.807, 2.05) is 44.4 Å². The molecule has 1 aromatic heterocycles. The number of aromatic nitrogens is 1. The molecule has 0 amide bonds. The predicted octanol–water partition coefficient (Wildman–Crippen LogP) is -1.02. The Labute approximate surface area is 102 Å². The van der Waals surface area contributed by atoms with Crippen molar-refractivity contribution < 1.29 is 26.3 Å². The van der Waals surface area contributed by atoms with Crippen LogP contribution in [0, 0.1) is 5.92 Å². The summed E-state index contributed by atoms with van der Waals surface area (Å²) in [7, 11) is 0. The lowest BCUT2D eigenvalue weighted by Crippen LogP contribution is -3.00. The molecule has 0 fully saturated rings. The average molecular weight is 272 g/mol. The zero-order valence-corrected chi connectivity index (χ0v) is 10.9. The van der Waals surface area contributed by atoms with Gasteiger partial charge in [-0.2, -0.15) is 0 Å². The summed E-state index contributed by atoms with van der Waals surface area (Å²) in [5, 5.41) is 0. The highest BCUT2D eigenvalue weighted by atomic mass is 79.9. The van der Waals surface area contributed by atoms with Crippen LogP contribution in [-0.4, -0.2) is 5.78 Å². The third kappa shape index (κ3) is 5.07. The van der Waals surface area contributed by atoms with Gasteiger partial charge in [0.25, 0.3) is 0 Å². The minimum atomic E-state index is 0. The summed E-state index contributed by atoms with van der Waals surface area (Å²) >= 11 is 0. The van der Waals surface area contributed by atoms with Crippen LogP contribution in [0.4, 0.5) is 0 Å². The molecule has 2 nitrogen and oxygen atoms in total. The van der Waals surface area contributed by atoms with E-state index < -0.39 is 0 Å². The second kappa shape index (κ2) is 7.57. The van der Waals surface area contributed by atoms with Gasteiger partial charge in [0.05, 0.1) is 5.92 Å². The zero-order valence-electron chi connectivity index (χ0n) is 9.32. The van der Waals surface area contributed by atoms with E-state index in [9.17, 15) is 4.79 Å². The van der Waals surface area contributed by atoms with Crippen molar-refractivity contribution in [3.63, 3.8) is 0 Å². The molecule has 0 saturated heterocycles. The summed E-state index contributed by atoms with van der Waals surface area (Å²) in [6.45, 7) is 4.83. The van der Waals surface area contributed by atoms with Gasteiger partial charge >= 0.3 is 0 Å². The number of carbonyl (C=O) groups excluding carboxylic acids is 1. The molecule has 0 N–H and O–H groups in total. The van der Waals surface area contributed by atoms with E-state index in [-0.39, 0.29) is 22.9 Å². The van der Waals surface area contributed by atoms with Crippen molar-refractivity contribution in [1.82, 2.24) is 0 Å². The summed E-state index contributed by atoms with van der Waals surface area (Å²) in [6, 6.07) is 5.95. The van der Waals surface area contributed by atoms with Gasteiger partial charge in [0, 0.05) is 18.6 Å². The highest BCUT2D eigenvalue weighted by molar-refractivity contribution is 5.80. The topological polar surface area (TPSA) is 20.9 Å². The van der Waals surface area contributed by atoms with Gasteiger partial charge in [0.15, 0.2) is 18.9 Å². The molecule has 0 aliphatic carbocycles. The fraction of sp³-hybridized carbons (Fsp3) is 0.500. The normalized spacial score (nSPS) is 11.6. The van der Waals surface area contributed by atoms with Crippen molar-refractivity contribution in [2.24, 2.45) is 5.92 Å². The van der Waals surface area contributed by atoms with Crippen LogP contribution in [-0.2, 0) is 11.3 Å². The van der Waals surface area contributed by atoms with Gasteiger partial charge in [-0.15, -0.1) is 0 Å². The minimum absolute atomic E-state index is 0. The summed E-state index contributed by atoms with van der Waals surface area (Å²) in [5.74, 6) is 0.492. The second-order valence-electron chi connectivity index (χ2n) is 3.69. The smallest absolute Gasteiger partial charge is 0.168 e. The molecule has 3 heteroatoms. The summed E-state index contributed by atoms with van der Waals surface area (Å²) in [4.78, 5) is 11.5. The predicted molar refractivity (Wildman–Crippen MR) is 55.7 cm³/mol. The number of carbonyl (C=O) groups is 1. The maximum atomic E-state index is 11.5. The number of hydrogen-bond acceptors (Lipinski definition) is 1. The fourth-order valence-electron chi connectivity index (χ4n) is 1.47. The number of pyridine rings is 1. The lowest BCUT2D eigenvalue weighted by atomic mass is 10.0. The number of Topliss-reactive ketones (excluding diaryl/α,β-unsaturated/α-hetero) is 1. The van der Waals surface area contributed by atoms with Crippen molar-refractivity contribution in [1.29, 1.82) is 0 Å². The van der Waals surface area contributed by atoms with Gasteiger partial charge in [-0.05, 0) is 13.3 Å². The molecule has 1 aromatic rings. The van der Waals surface area contributed by atoms with E-state index >= 15 is 0 Å². The number of nitrogens with zero attached hydrogens (tertiary/aromatic N) is 1. The molecule has 1 unspecified atom stereocenters. The molecule has 0 spiro atoms. The van der Waals surface area contributed by atoms with Gasteiger partial charge in [-0.3, -0.25) is 4.79 Å². The first-order valence-corrected chi connectivity index (χ1v) is 5.21. The van der Waals surface area contributed by atoms with Crippen LogP contribution < -0.4 is 21.5 Å². The lowest BCUT2D eigenvalue weighted by molar-refractivity contribution is -0.700. The Morgan fingerprint density at radius 2 is 1.87 bits per heavy atom.